The monoisotopic (exact) mass is 1160 g/mol. The molecule has 2 heterocycles. The van der Waals surface area contributed by atoms with Crippen LogP contribution in [0.5, 0.6) is 5.75 Å². The summed E-state index contributed by atoms with van der Waals surface area (Å²) in [4.78, 5) is 90.2. The molecule has 74 heavy (non-hydrogen) atoms. The number of hydrogen-bond acceptors (Lipinski definition) is 12. The lowest BCUT2D eigenvalue weighted by atomic mass is 10.0. The number of nitrogens with zero attached hydrogens (tertiary/aromatic N) is 4. The SMILES string of the molecule is CC(C)OC(=O)c1cc(-n2c(=O)cc(C(F)(F)F)n(C)c2=O)ccc1Cl.CC1COc2ccccc2N1C(=O)C(Cl)Cl.CCOCN(C(=O)CCl)c1c(C)cccc1CC.C[S+](C)C.O=C(O)CNCP(=O)([O-])O. The maximum atomic E-state index is 12.9. The third-order valence-electron chi connectivity index (χ3n) is 9.25. The number of carboxylic acid groups (broad SMARTS) is 1. The Kier molecular flexibility index (Phi) is 29.2. The maximum Gasteiger partial charge on any atom is 0.431 e. The Morgan fingerprint density at radius 3 is 2.15 bits per heavy atom. The molecule has 412 valence electrons. The first-order valence-corrected chi connectivity index (χ1v) is 28.1. The zero-order valence-electron chi connectivity index (χ0n) is 42.2. The first-order valence-electron chi connectivity index (χ1n) is 22.1. The highest BCUT2D eigenvalue weighted by atomic mass is 35.5. The van der Waals surface area contributed by atoms with Crippen molar-refractivity contribution in [1.29, 1.82) is 0 Å². The molecule has 0 spiro atoms. The summed E-state index contributed by atoms with van der Waals surface area (Å²) in [5.41, 5.74) is -0.160. The van der Waals surface area contributed by atoms with Gasteiger partial charge >= 0.3 is 23.8 Å². The number of nitrogens with one attached hydrogen (secondary N) is 1. The Hall–Kier alpha value is -4.61. The van der Waals surface area contributed by atoms with Gasteiger partial charge in [0.1, 0.15) is 38.3 Å². The highest BCUT2D eigenvalue weighted by Gasteiger charge is 2.35. The van der Waals surface area contributed by atoms with Gasteiger partial charge < -0.3 is 38.6 Å². The van der Waals surface area contributed by atoms with Crippen molar-refractivity contribution in [2.24, 2.45) is 7.05 Å². The van der Waals surface area contributed by atoms with E-state index >= 15 is 0 Å². The summed E-state index contributed by atoms with van der Waals surface area (Å²) >= 11 is 22.9. The normalized spacial score (nSPS) is 13.5. The van der Waals surface area contributed by atoms with Crippen molar-refractivity contribution in [3.63, 3.8) is 0 Å². The van der Waals surface area contributed by atoms with Crippen LogP contribution in [0.15, 0.2) is 76.3 Å². The first-order chi connectivity index (χ1) is 34.3. The van der Waals surface area contributed by atoms with Gasteiger partial charge in [0.05, 0.1) is 71.4 Å². The molecule has 2 amide bonds. The number of carbonyl (C=O) groups is 4. The summed E-state index contributed by atoms with van der Waals surface area (Å²) in [5, 5.41) is 9.98. The van der Waals surface area contributed by atoms with E-state index in [1.165, 1.54) is 12.1 Å². The minimum atomic E-state index is -4.86. The Bertz CT molecular complexity index is 2670. The van der Waals surface area contributed by atoms with Crippen molar-refractivity contribution in [1.82, 2.24) is 14.5 Å². The summed E-state index contributed by atoms with van der Waals surface area (Å²) in [7, 11) is -2.81. The summed E-state index contributed by atoms with van der Waals surface area (Å²) < 4.78 is 65.4. The molecule has 27 heteroatoms. The molecule has 5 rings (SSSR count). The average Bonchev–Trinajstić information content (AvgIpc) is 3.30. The van der Waals surface area contributed by atoms with E-state index in [9.17, 15) is 51.4 Å². The lowest BCUT2D eigenvalue weighted by Gasteiger charge is -2.35. The molecule has 2 atom stereocenters. The molecule has 2 unspecified atom stereocenters. The summed E-state index contributed by atoms with van der Waals surface area (Å²) in [6.07, 6.45) is 1.44. The number of rotatable bonds is 14. The van der Waals surface area contributed by atoms with Crippen LogP contribution in [0.25, 0.3) is 5.69 Å². The molecule has 18 nitrogen and oxygen atoms in total. The maximum absolute atomic E-state index is 12.9. The minimum Gasteiger partial charge on any atom is -0.778 e. The van der Waals surface area contributed by atoms with Crippen LogP contribution in [-0.2, 0) is 59.0 Å². The summed E-state index contributed by atoms with van der Waals surface area (Å²) in [6.45, 7) is 11.9. The number of esters is 1. The van der Waals surface area contributed by atoms with Crippen LogP contribution in [0.3, 0.4) is 0 Å². The van der Waals surface area contributed by atoms with Crippen LogP contribution < -0.4 is 36.0 Å². The van der Waals surface area contributed by atoms with Gasteiger partial charge in [-0.2, -0.15) is 13.2 Å². The van der Waals surface area contributed by atoms with Gasteiger partial charge in [-0.25, -0.2) is 14.2 Å². The Labute approximate surface area is 450 Å². The number of alkyl halides is 6. The van der Waals surface area contributed by atoms with Gasteiger partial charge in [0.2, 0.25) is 5.91 Å². The molecule has 1 aromatic heterocycles. The number of aromatic nitrogens is 2. The molecule has 0 saturated carbocycles. The first kappa shape index (κ1) is 67.4. The average molecular weight is 1170 g/mol. The van der Waals surface area contributed by atoms with E-state index in [0.717, 1.165) is 42.0 Å². The number of aryl methyl sites for hydroxylation is 2. The molecule has 1 aliphatic heterocycles. The molecule has 0 radical (unpaired) electrons. The van der Waals surface area contributed by atoms with Gasteiger partial charge in [-0.3, -0.25) is 34.0 Å². The van der Waals surface area contributed by atoms with Crippen molar-refractivity contribution in [2.75, 3.05) is 67.2 Å². The third-order valence-corrected chi connectivity index (χ3v) is 10.8. The zero-order chi connectivity index (χ0) is 56.8. The fourth-order valence-electron chi connectivity index (χ4n) is 6.17. The van der Waals surface area contributed by atoms with Gasteiger partial charge in [-0.15, -0.1) is 11.6 Å². The van der Waals surface area contributed by atoms with Crippen molar-refractivity contribution < 1.29 is 66.0 Å². The zero-order valence-corrected chi connectivity index (χ0v) is 46.9. The molecule has 4 aromatic rings. The smallest absolute Gasteiger partial charge is 0.431 e. The number of anilines is 2. The van der Waals surface area contributed by atoms with E-state index in [1.54, 1.807) is 23.6 Å². The standard InChI is InChI=1S/C16H14ClF3N2O4.C14H20ClNO2.C11H11Cl2NO2.C3H8NO5P.C3H9S/c1-8(2)26-14(24)10-6-9(4-5-11(10)17)22-13(23)7-12(16(18,19)20)21(3)15(22)25;1-4-12-8-6-7-11(3)14(12)16(10-18-5-2)13(17)9-15;1-7-6-16-9-5-3-2-4-8(9)14(7)11(15)10(12)13;5-3(6)1-4-2-10(7,8)9;1-4(2)3/h4-8H,1-3H3;6-8H,4-5,9-10H2,1-3H3;2-5,7,10H,6H2,1H3;4H,1-2H2,(H,5,6)(H2,7,8,9);1-3H3/q;;;;+1/p-1. The van der Waals surface area contributed by atoms with Crippen LogP contribution in [-0.4, -0.2) is 117 Å². The number of aliphatic carboxylic acids is 1. The number of ether oxygens (including phenoxy) is 3. The van der Waals surface area contributed by atoms with E-state index in [2.05, 4.69) is 25.7 Å². The van der Waals surface area contributed by atoms with Gasteiger partial charge in [-0.1, -0.05) is 72.1 Å². The van der Waals surface area contributed by atoms with Gasteiger partial charge in [0, 0.05) is 19.7 Å². The lowest BCUT2D eigenvalue weighted by molar-refractivity contribution is -0.193. The summed E-state index contributed by atoms with van der Waals surface area (Å²) in [6, 6.07) is 17.2. The van der Waals surface area contributed by atoms with Crippen LogP contribution in [0.1, 0.15) is 61.8 Å². The van der Waals surface area contributed by atoms with Crippen molar-refractivity contribution in [3.8, 4) is 11.4 Å². The Morgan fingerprint density at radius 2 is 1.64 bits per heavy atom. The predicted molar refractivity (Wildman–Crippen MR) is 283 cm³/mol. The third kappa shape index (κ3) is 22.3. The quantitative estimate of drug-likeness (QED) is 0.0374. The summed E-state index contributed by atoms with van der Waals surface area (Å²) in [5.74, 6) is -1.76. The number of halogens is 7. The second-order valence-corrected chi connectivity index (χ2v) is 22.0. The molecule has 0 saturated heterocycles. The van der Waals surface area contributed by atoms with Crippen molar-refractivity contribution in [2.45, 2.75) is 71.1 Å². The molecule has 3 aromatic carbocycles. The minimum absolute atomic E-state index is 0.0104. The second-order valence-electron chi connectivity index (χ2n) is 16.2. The van der Waals surface area contributed by atoms with E-state index < -0.39 is 66.4 Å². The number of carboxylic acids is 1. The molecular weight excluding hydrogens is 1100 g/mol. The Balaban J connectivity index is 0.000000503. The fourth-order valence-corrected chi connectivity index (χ4v) is 7.12. The van der Waals surface area contributed by atoms with E-state index in [1.807, 2.05) is 68.6 Å². The number of hydrogen-bond donors (Lipinski definition) is 3. The lowest BCUT2D eigenvalue weighted by Crippen LogP contribution is -2.47. The van der Waals surface area contributed by atoms with Crippen LogP contribution in [0.2, 0.25) is 5.02 Å². The van der Waals surface area contributed by atoms with E-state index in [0.29, 0.717) is 45.1 Å². The number of fused-ring (bicyclic) bond motifs is 1. The van der Waals surface area contributed by atoms with Crippen LogP contribution >= 0.6 is 54.0 Å². The molecule has 1 aliphatic rings. The van der Waals surface area contributed by atoms with Crippen LogP contribution in [0, 0.1) is 6.92 Å². The molecule has 0 fully saturated rings. The van der Waals surface area contributed by atoms with E-state index in [-0.39, 0.29) is 46.7 Å². The van der Waals surface area contributed by atoms with Crippen LogP contribution in [0.4, 0.5) is 24.5 Å². The van der Waals surface area contributed by atoms with E-state index in [4.69, 9.17) is 70.6 Å². The molecule has 0 aliphatic carbocycles. The second kappa shape index (κ2) is 32.1. The number of carbonyl (C=O) groups excluding carboxylic acids is 3. The topological polar surface area (TPSA) is 239 Å². The van der Waals surface area contributed by atoms with Crippen molar-refractivity contribution in [3.05, 3.63) is 115 Å². The van der Waals surface area contributed by atoms with Gasteiger partial charge in [-0.05, 0) is 93.4 Å². The van der Waals surface area contributed by atoms with Gasteiger partial charge in [0.25, 0.3) is 11.5 Å². The molecule has 3 N–H and O–H groups in total. The van der Waals surface area contributed by atoms with Gasteiger partial charge in [0.15, 0.2) is 4.84 Å². The molecule has 0 bridgehead atoms. The highest BCUT2D eigenvalue weighted by molar-refractivity contribution is 7.94. The van der Waals surface area contributed by atoms with Crippen molar-refractivity contribution >= 4 is 100 Å². The Morgan fingerprint density at radius 1 is 1.03 bits per heavy atom. The predicted octanol–water partition coefficient (Wildman–Crippen LogP) is 7.16. The molecular formula is C47H61Cl4F3N5O13PS. The highest BCUT2D eigenvalue weighted by Crippen LogP contribution is 2.35. The number of para-hydroxylation sites is 3. The largest absolute Gasteiger partial charge is 0.778 e. The fraction of sp³-hybridized carbons (Fsp3) is 0.447. The number of benzene rings is 3. The number of amides is 2.